The normalized spacial score (nSPS) is 16.5. The van der Waals surface area contributed by atoms with Gasteiger partial charge in [0.25, 0.3) is 0 Å². The van der Waals surface area contributed by atoms with Gasteiger partial charge >= 0.3 is 0 Å². The van der Waals surface area contributed by atoms with Gasteiger partial charge < -0.3 is 18.2 Å². The van der Waals surface area contributed by atoms with Crippen molar-refractivity contribution in [2.45, 2.75) is 87.9 Å². The Morgan fingerprint density at radius 1 is 0.202 bits per heavy atom. The van der Waals surface area contributed by atoms with Gasteiger partial charge in [-0.25, -0.2) is 0 Å². The molecule has 27 rings (SSSR count). The fourth-order valence-corrected chi connectivity index (χ4v) is 25.0. The number of rotatable bonds is 3. The zero-order valence-electron chi connectivity index (χ0n) is 64.5. The van der Waals surface area contributed by atoms with Crippen molar-refractivity contribution in [3.63, 3.8) is 0 Å². The van der Waals surface area contributed by atoms with Crippen molar-refractivity contribution >= 4 is 82.9 Å². The van der Waals surface area contributed by atoms with Gasteiger partial charge in [0.05, 0.1) is 10.8 Å². The van der Waals surface area contributed by atoms with E-state index in [1.807, 2.05) is 0 Å². The Bertz CT molecular complexity index is 7730. The van der Waals surface area contributed by atoms with Crippen molar-refractivity contribution in [1.29, 1.82) is 0 Å². The maximum Gasteiger partial charge on any atom is 0.144 e. The highest BCUT2D eigenvalue weighted by molar-refractivity contribution is 6.24. The minimum Gasteiger partial charge on any atom is -0.456 e. The summed E-state index contributed by atoms with van der Waals surface area (Å²) in [6, 6.07) is 114. The van der Waals surface area contributed by atoms with Gasteiger partial charge in [0.1, 0.15) is 33.5 Å². The average Bonchev–Trinajstić information content (AvgIpc) is 1.49. The van der Waals surface area contributed by atoms with Crippen LogP contribution in [0.4, 0.5) is 17.1 Å². The van der Waals surface area contributed by atoms with Crippen LogP contribution in [0.15, 0.2) is 311 Å². The van der Waals surface area contributed by atoms with Crippen LogP contribution >= 0.6 is 0 Å². The second kappa shape index (κ2) is 20.3. The Morgan fingerprint density at radius 3 is 1.00 bits per heavy atom. The summed E-state index contributed by atoms with van der Waals surface area (Å²) in [5, 5.41) is 7.01. The van der Waals surface area contributed by atoms with Gasteiger partial charge in [0.15, 0.2) is 0 Å². The molecule has 8 aliphatic carbocycles. The van der Waals surface area contributed by atoms with Crippen LogP contribution in [0, 0.1) is 0 Å². The van der Waals surface area contributed by atoms with Gasteiger partial charge in [-0.3, -0.25) is 0 Å². The van der Waals surface area contributed by atoms with E-state index in [-0.39, 0.29) is 10.8 Å². The molecule has 3 aromatic heterocycles. The van der Waals surface area contributed by atoms with E-state index in [0.717, 1.165) is 66.7 Å². The van der Waals surface area contributed by atoms with Gasteiger partial charge in [-0.1, -0.05) is 280 Å². The molecular formula is C110H73NO3. The monoisotopic (exact) mass is 1460 g/mol. The average molecular weight is 1460 g/mol. The molecule has 0 fully saturated rings. The second-order valence-corrected chi connectivity index (χ2v) is 35.8. The molecule has 0 N–H and O–H groups in total. The standard InChI is InChI=1S/C110H73NO3/c1-105(2)75-36-18-13-31-66(75)93-95-71-34-16-25-43-88(71)114-104(95)98-69-50-47-59(54-83(69)108(7,8)102(98)99(93)105)111(58-46-49-68-82(53-58)107(5,6)100-94(68)96-72-35-17-26-44-89(72)113-103(96)97-67-32-14-19-37-76(67)106(3,4)101(97)100)60-45-48-65-73-56-86-74(57-85(73)110(84(65)55-60)79-40-22-11-29-63(79)64-30-12-23-41-80(64)110)91-81(51-52-90-92(91)70-33-15-24-42-87(70)112-90)109(86)77-38-20-9-27-61(77)62-28-10-21-39-78(62)109/h9-57H,1-8H3. The van der Waals surface area contributed by atoms with E-state index >= 15 is 0 Å². The molecule has 8 aliphatic rings. The summed E-state index contributed by atoms with van der Waals surface area (Å²) in [4.78, 5) is 2.63. The summed E-state index contributed by atoms with van der Waals surface area (Å²) in [5.41, 5.74) is 47.3. The van der Waals surface area contributed by atoms with Crippen molar-refractivity contribution in [2.75, 3.05) is 4.90 Å². The number of nitrogens with zero attached hydrogens (tertiary/aromatic N) is 1. The first kappa shape index (κ1) is 62.4. The number of fused-ring (bicyclic) bond motifs is 48. The molecule has 536 valence electrons. The number of hydrogen-bond donors (Lipinski definition) is 0. The third-order valence-corrected chi connectivity index (χ3v) is 29.3. The van der Waals surface area contributed by atoms with Gasteiger partial charge in [0, 0.05) is 82.2 Å². The van der Waals surface area contributed by atoms with E-state index in [2.05, 4.69) is 358 Å². The molecular weight excluding hydrogens is 1380 g/mol. The van der Waals surface area contributed by atoms with Crippen LogP contribution in [-0.2, 0) is 32.5 Å². The smallest absolute Gasteiger partial charge is 0.144 e. The molecule has 0 saturated carbocycles. The number of hydrogen-bond acceptors (Lipinski definition) is 4. The van der Waals surface area contributed by atoms with E-state index in [1.165, 1.54) is 194 Å². The lowest BCUT2D eigenvalue weighted by molar-refractivity contribution is 0.600. The zero-order valence-corrected chi connectivity index (χ0v) is 64.5. The van der Waals surface area contributed by atoms with Crippen molar-refractivity contribution in [3.05, 3.63) is 386 Å². The number of anilines is 3. The topological polar surface area (TPSA) is 42.7 Å². The molecule has 4 nitrogen and oxygen atoms in total. The molecule has 0 amide bonds. The van der Waals surface area contributed by atoms with Crippen LogP contribution in [0.5, 0.6) is 0 Å². The largest absolute Gasteiger partial charge is 0.456 e. The molecule has 0 aliphatic heterocycles. The lowest BCUT2D eigenvalue weighted by Crippen LogP contribution is -2.27. The summed E-state index contributed by atoms with van der Waals surface area (Å²) in [7, 11) is 0. The lowest BCUT2D eigenvalue weighted by Gasteiger charge is -2.34. The third kappa shape index (κ3) is 6.90. The predicted octanol–water partition coefficient (Wildman–Crippen LogP) is 28.8. The molecule has 114 heavy (non-hydrogen) atoms. The first-order valence-electron chi connectivity index (χ1n) is 40.6. The van der Waals surface area contributed by atoms with Gasteiger partial charge in [0.2, 0.25) is 0 Å². The van der Waals surface area contributed by atoms with Gasteiger partial charge in [-0.05, 0) is 240 Å². The van der Waals surface area contributed by atoms with E-state index in [4.69, 9.17) is 13.3 Å². The summed E-state index contributed by atoms with van der Waals surface area (Å²) in [6.45, 7) is 19.8. The first-order chi connectivity index (χ1) is 55.6. The van der Waals surface area contributed by atoms with Crippen LogP contribution in [0.2, 0.25) is 0 Å². The zero-order chi connectivity index (χ0) is 75.5. The molecule has 0 radical (unpaired) electrons. The van der Waals surface area contributed by atoms with Gasteiger partial charge in [-0.15, -0.1) is 0 Å². The van der Waals surface area contributed by atoms with Crippen LogP contribution in [-0.4, -0.2) is 0 Å². The number of furan rings is 3. The van der Waals surface area contributed by atoms with Crippen LogP contribution in [0.25, 0.3) is 155 Å². The van der Waals surface area contributed by atoms with E-state index in [1.54, 1.807) is 0 Å². The van der Waals surface area contributed by atoms with Crippen molar-refractivity contribution < 1.29 is 13.3 Å². The van der Waals surface area contributed by atoms with Crippen LogP contribution in [0.3, 0.4) is 0 Å². The summed E-state index contributed by atoms with van der Waals surface area (Å²) < 4.78 is 21.5. The van der Waals surface area contributed by atoms with E-state index in [0.29, 0.717) is 0 Å². The Labute approximate surface area is 659 Å². The van der Waals surface area contributed by atoms with Gasteiger partial charge in [-0.2, -0.15) is 0 Å². The number of benzene rings is 16. The number of para-hydroxylation sites is 3. The van der Waals surface area contributed by atoms with E-state index < -0.39 is 21.7 Å². The molecule has 16 aromatic carbocycles. The highest BCUT2D eigenvalue weighted by atomic mass is 16.3. The quantitative estimate of drug-likeness (QED) is 0.177. The molecule has 0 bridgehead atoms. The highest BCUT2D eigenvalue weighted by Gasteiger charge is 2.58. The molecule has 3 heterocycles. The van der Waals surface area contributed by atoms with Crippen LogP contribution in [0.1, 0.15) is 144 Å². The Hall–Kier alpha value is -13.3. The lowest BCUT2D eigenvalue weighted by atomic mass is 9.68. The SMILES string of the molecule is CC1(C)c2cc(N(c3ccc4c(c3)C(C)(C)c3c5c(c6oc7ccccc7c6c3-4)-c3ccccc3C5(C)C)c3ccc4c(c3)C3(c5ccccc5-c5ccccc53)c3cc5c(cc3-4)C3(c4ccccc4-c4ccccc43)c3ccc4oc6ccccc6c4c3-5)ccc2-c2c1c1c(c3c2oc2ccccc23)-c2ccccc2C1(C)C. The molecule has 2 spiro atoms. The molecule has 19 aromatic rings. The predicted molar refractivity (Wildman–Crippen MR) is 466 cm³/mol. The minimum absolute atomic E-state index is 0.302. The van der Waals surface area contributed by atoms with Crippen molar-refractivity contribution in [1.82, 2.24) is 0 Å². The fourth-order valence-electron chi connectivity index (χ4n) is 25.0. The molecule has 0 atom stereocenters. The maximum atomic E-state index is 7.34. The maximum absolute atomic E-state index is 7.34. The van der Waals surface area contributed by atoms with Crippen LogP contribution < -0.4 is 4.90 Å². The summed E-state index contributed by atoms with van der Waals surface area (Å²) in [5.74, 6) is 0. The molecule has 0 saturated heterocycles. The summed E-state index contributed by atoms with van der Waals surface area (Å²) in [6.07, 6.45) is 0. The Morgan fingerprint density at radius 2 is 0.518 bits per heavy atom. The van der Waals surface area contributed by atoms with E-state index in [9.17, 15) is 0 Å². The van der Waals surface area contributed by atoms with Crippen molar-refractivity contribution in [3.8, 4) is 89.0 Å². The van der Waals surface area contributed by atoms with Crippen molar-refractivity contribution in [2.24, 2.45) is 0 Å². The Kier molecular flexibility index (Phi) is 11.1. The first-order valence-corrected chi connectivity index (χ1v) is 40.6. The molecule has 4 heteroatoms. The fraction of sp³-hybridized carbons (Fsp3) is 0.127. The Balaban J connectivity index is 0.740. The second-order valence-electron chi connectivity index (χ2n) is 35.8. The minimum atomic E-state index is -0.752. The highest BCUT2D eigenvalue weighted by Crippen LogP contribution is 2.72. The molecule has 0 unspecified atom stereocenters. The summed E-state index contributed by atoms with van der Waals surface area (Å²) >= 11 is 0. The third-order valence-electron chi connectivity index (χ3n) is 29.3.